The topological polar surface area (TPSA) is 118 Å². The van der Waals surface area contributed by atoms with Gasteiger partial charge in [-0.15, -0.1) is 11.3 Å². The van der Waals surface area contributed by atoms with E-state index in [1.165, 1.54) is 16.2 Å². The molecule has 36 heavy (non-hydrogen) atoms. The Bertz CT molecular complexity index is 1460. The average Bonchev–Trinajstić information content (AvgIpc) is 3.45. The molecule has 0 radical (unpaired) electrons. The Kier molecular flexibility index (Phi) is 6.01. The number of aliphatic imine (C=N–C) groups is 1. The lowest BCUT2D eigenvalue weighted by Gasteiger charge is -2.35. The number of thiophene rings is 1. The van der Waals surface area contributed by atoms with E-state index >= 15 is 0 Å². The zero-order valence-corrected chi connectivity index (χ0v) is 21.7. The maximum Gasteiger partial charge on any atom is 0.237 e. The third kappa shape index (κ3) is 3.83. The summed E-state index contributed by atoms with van der Waals surface area (Å²) in [4.78, 5) is 23.9. The van der Waals surface area contributed by atoms with Gasteiger partial charge in [-0.1, -0.05) is 42.8 Å². The Morgan fingerprint density at radius 3 is 2.61 bits per heavy atom. The van der Waals surface area contributed by atoms with Crippen molar-refractivity contribution in [3.8, 4) is 28.2 Å². The van der Waals surface area contributed by atoms with Crippen molar-refractivity contribution in [2.24, 2.45) is 10.7 Å². The van der Waals surface area contributed by atoms with Gasteiger partial charge in [0.05, 0.1) is 39.8 Å². The molecule has 1 saturated heterocycles. The lowest BCUT2D eigenvalue weighted by Crippen LogP contribution is -2.45. The molecule has 0 spiro atoms. The van der Waals surface area contributed by atoms with Crippen molar-refractivity contribution in [1.82, 2.24) is 9.88 Å². The molecule has 1 atom stereocenters. The number of hydrogen-bond donors (Lipinski definition) is 1. The maximum atomic E-state index is 11.5. The summed E-state index contributed by atoms with van der Waals surface area (Å²) in [7, 11) is 1.69. The van der Waals surface area contributed by atoms with Gasteiger partial charge in [0.1, 0.15) is 22.6 Å². The van der Waals surface area contributed by atoms with Gasteiger partial charge < -0.3 is 19.8 Å². The van der Waals surface area contributed by atoms with Crippen LogP contribution in [0.3, 0.4) is 0 Å². The predicted molar refractivity (Wildman–Crippen MR) is 138 cm³/mol. The van der Waals surface area contributed by atoms with Crippen LogP contribution in [0.15, 0.2) is 45.4 Å². The number of oxazole rings is 1. The monoisotopic (exact) mass is 521 g/mol. The largest absolute Gasteiger partial charge is 0.435 e. The summed E-state index contributed by atoms with van der Waals surface area (Å²) >= 11 is 8.07. The standard InChI is InChI=1S/C26H24ClN5O3S/c1-4-19-21(15-5-7-16(8-6-15)26(12-28)13-34-14-26)35-23(30-19)20-9-18(27)22(36-20)25(2)10-17(11-33)32(3)24(29)31-25/h5-9H,4,10,13-14H2,1-3H3,(H2,29,31). The third-order valence-corrected chi connectivity index (χ3v) is 8.56. The molecule has 4 heterocycles. The summed E-state index contributed by atoms with van der Waals surface area (Å²) in [6.45, 7) is 4.73. The van der Waals surface area contributed by atoms with E-state index in [4.69, 9.17) is 31.5 Å². The van der Waals surface area contributed by atoms with Gasteiger partial charge in [-0.25, -0.2) is 14.8 Å². The van der Waals surface area contributed by atoms with Crippen LogP contribution in [0.4, 0.5) is 0 Å². The molecule has 3 aromatic rings. The molecule has 1 fully saturated rings. The molecular formula is C26H24ClN5O3S. The molecule has 10 heteroatoms. The summed E-state index contributed by atoms with van der Waals surface area (Å²) in [6, 6.07) is 12.0. The van der Waals surface area contributed by atoms with Gasteiger partial charge in [-0.3, -0.25) is 0 Å². The van der Waals surface area contributed by atoms with Gasteiger partial charge in [0.2, 0.25) is 5.89 Å². The van der Waals surface area contributed by atoms with E-state index in [1.807, 2.05) is 50.1 Å². The van der Waals surface area contributed by atoms with Crippen LogP contribution in [0.1, 0.15) is 36.4 Å². The fourth-order valence-electron chi connectivity index (χ4n) is 4.49. The number of nitriles is 1. The fraction of sp³-hybridized carbons (Fsp3) is 0.346. The van der Waals surface area contributed by atoms with Crippen molar-refractivity contribution < 1.29 is 13.9 Å². The number of guanidine groups is 1. The quantitative estimate of drug-likeness (QED) is 0.485. The molecule has 0 saturated carbocycles. The number of hydrogen-bond acceptors (Lipinski definition) is 9. The van der Waals surface area contributed by atoms with Crippen LogP contribution >= 0.6 is 22.9 Å². The van der Waals surface area contributed by atoms with Crippen LogP contribution in [0.5, 0.6) is 0 Å². The SMILES string of the molecule is CCc1nc(-c2cc(Cl)c(C3(C)CC(=C=O)N(C)C(N)=N3)s2)oc1-c1ccc(C2(C#N)COC2)cc1. The summed E-state index contributed by atoms with van der Waals surface area (Å²) in [5.41, 5.74) is 7.75. The lowest BCUT2D eigenvalue weighted by atomic mass is 9.80. The number of ether oxygens (including phenoxy) is 1. The van der Waals surface area contributed by atoms with Crippen LogP contribution < -0.4 is 5.73 Å². The van der Waals surface area contributed by atoms with Crippen molar-refractivity contribution in [3.05, 3.63) is 57.2 Å². The number of halogens is 1. The summed E-state index contributed by atoms with van der Waals surface area (Å²) in [5, 5.41) is 10.1. The minimum Gasteiger partial charge on any atom is -0.435 e. The number of aryl methyl sites for hydroxylation is 1. The first-order valence-electron chi connectivity index (χ1n) is 11.5. The molecule has 2 aliphatic heterocycles. The Hall–Kier alpha value is -3.41. The number of aromatic nitrogens is 1. The minimum absolute atomic E-state index is 0.231. The molecule has 1 unspecified atom stereocenters. The number of rotatable bonds is 5. The Morgan fingerprint density at radius 2 is 2.03 bits per heavy atom. The second-order valence-corrected chi connectivity index (χ2v) is 10.7. The number of nitrogens with two attached hydrogens (primary N) is 1. The van der Waals surface area contributed by atoms with Crippen molar-refractivity contribution >= 4 is 34.8 Å². The Balaban J connectivity index is 1.50. The zero-order valence-electron chi connectivity index (χ0n) is 20.1. The highest BCUT2D eigenvalue weighted by Crippen LogP contribution is 2.46. The van der Waals surface area contributed by atoms with Crippen LogP contribution in [0.25, 0.3) is 22.1 Å². The van der Waals surface area contributed by atoms with Gasteiger partial charge in [-0.05, 0) is 25.0 Å². The van der Waals surface area contributed by atoms with Gasteiger partial charge in [0.15, 0.2) is 11.7 Å². The van der Waals surface area contributed by atoms with Gasteiger partial charge in [-0.2, -0.15) is 5.26 Å². The predicted octanol–water partition coefficient (Wildman–Crippen LogP) is 4.66. The highest BCUT2D eigenvalue weighted by Gasteiger charge is 2.41. The van der Waals surface area contributed by atoms with Gasteiger partial charge in [0, 0.05) is 19.0 Å². The van der Waals surface area contributed by atoms with E-state index in [9.17, 15) is 10.1 Å². The van der Waals surface area contributed by atoms with E-state index in [0.29, 0.717) is 48.4 Å². The molecule has 0 aliphatic carbocycles. The second kappa shape index (κ2) is 8.91. The molecule has 1 aromatic carbocycles. The molecule has 2 aliphatic rings. The number of carbonyl (C=O) groups excluding carboxylic acids is 1. The minimum atomic E-state index is -0.801. The molecule has 8 nitrogen and oxygen atoms in total. The molecular weight excluding hydrogens is 498 g/mol. The summed E-state index contributed by atoms with van der Waals surface area (Å²) in [6.07, 6.45) is 1.01. The average molecular weight is 522 g/mol. The highest BCUT2D eigenvalue weighted by molar-refractivity contribution is 7.16. The van der Waals surface area contributed by atoms with Crippen molar-refractivity contribution in [2.75, 3.05) is 20.3 Å². The van der Waals surface area contributed by atoms with Crippen LogP contribution in [-0.2, 0) is 26.9 Å². The van der Waals surface area contributed by atoms with Crippen LogP contribution in [-0.4, -0.2) is 42.0 Å². The first-order valence-corrected chi connectivity index (χ1v) is 12.7. The molecule has 2 aromatic heterocycles. The van der Waals surface area contributed by atoms with Crippen LogP contribution in [0.2, 0.25) is 5.02 Å². The van der Waals surface area contributed by atoms with E-state index < -0.39 is 11.0 Å². The van der Waals surface area contributed by atoms with Crippen molar-refractivity contribution in [3.63, 3.8) is 0 Å². The lowest BCUT2D eigenvalue weighted by molar-refractivity contribution is -0.0298. The van der Waals surface area contributed by atoms with E-state index in [0.717, 1.165) is 26.6 Å². The second-order valence-electron chi connectivity index (χ2n) is 9.23. The fourth-order valence-corrected chi connectivity index (χ4v) is 6.05. The highest BCUT2D eigenvalue weighted by atomic mass is 35.5. The van der Waals surface area contributed by atoms with E-state index in [2.05, 4.69) is 11.1 Å². The zero-order chi connectivity index (χ0) is 25.7. The first-order chi connectivity index (χ1) is 17.2. The molecule has 0 amide bonds. The summed E-state index contributed by atoms with van der Waals surface area (Å²) in [5.74, 6) is 3.34. The molecule has 0 bridgehead atoms. The van der Waals surface area contributed by atoms with E-state index in [1.54, 1.807) is 7.05 Å². The van der Waals surface area contributed by atoms with Gasteiger partial charge >= 0.3 is 0 Å². The molecule has 5 rings (SSSR count). The number of nitrogens with zero attached hydrogens (tertiary/aromatic N) is 4. The first kappa shape index (κ1) is 24.3. The smallest absolute Gasteiger partial charge is 0.237 e. The Morgan fingerprint density at radius 1 is 1.31 bits per heavy atom. The summed E-state index contributed by atoms with van der Waals surface area (Å²) < 4.78 is 11.5. The van der Waals surface area contributed by atoms with Gasteiger partial charge in [0.25, 0.3) is 0 Å². The Labute approximate surface area is 217 Å². The van der Waals surface area contributed by atoms with Crippen LogP contribution in [0, 0.1) is 11.3 Å². The number of benzene rings is 1. The van der Waals surface area contributed by atoms with E-state index in [-0.39, 0.29) is 5.96 Å². The maximum absolute atomic E-state index is 11.5. The normalized spacial score (nSPS) is 20.9. The third-order valence-electron chi connectivity index (χ3n) is 6.77. The molecule has 184 valence electrons. The van der Waals surface area contributed by atoms with Crippen molar-refractivity contribution in [1.29, 1.82) is 5.26 Å². The molecule has 2 N–H and O–H groups in total. The van der Waals surface area contributed by atoms with Crippen molar-refractivity contribution in [2.45, 2.75) is 37.6 Å².